The van der Waals surface area contributed by atoms with E-state index in [1.165, 1.54) is 10.7 Å². The molecule has 0 aliphatic carbocycles. The molecule has 3 atom stereocenters. The summed E-state index contributed by atoms with van der Waals surface area (Å²) in [6, 6.07) is 6.34. The Morgan fingerprint density at radius 3 is 2.43 bits per heavy atom. The van der Waals surface area contributed by atoms with Gasteiger partial charge in [0.15, 0.2) is 5.69 Å². The van der Waals surface area contributed by atoms with Gasteiger partial charge in [-0.05, 0) is 56.1 Å². The zero-order chi connectivity index (χ0) is 32.6. The summed E-state index contributed by atoms with van der Waals surface area (Å²) >= 11 is 0. The Labute approximate surface area is 257 Å². The van der Waals surface area contributed by atoms with E-state index in [1.54, 1.807) is 25.3 Å². The minimum absolute atomic E-state index is 0.0647. The number of carbonyl (C=O) groups excluding carboxylic acids is 1. The number of benzene rings is 1. The summed E-state index contributed by atoms with van der Waals surface area (Å²) in [6.45, 7) is 8.83. The Morgan fingerprint density at radius 1 is 1.16 bits per heavy atom. The predicted octanol–water partition coefficient (Wildman–Crippen LogP) is 3.32. The summed E-state index contributed by atoms with van der Waals surface area (Å²) in [4.78, 5) is 35.0. The van der Waals surface area contributed by atoms with E-state index < -0.39 is 17.8 Å². The van der Waals surface area contributed by atoms with Crippen LogP contribution in [0.4, 0.5) is 4.39 Å². The van der Waals surface area contributed by atoms with Crippen LogP contribution in [0.15, 0.2) is 36.4 Å². The number of amides is 1. The van der Waals surface area contributed by atoms with Crippen LogP contribution in [0.3, 0.4) is 0 Å². The van der Waals surface area contributed by atoms with E-state index in [0.29, 0.717) is 44.0 Å². The molecule has 3 rings (SSSR count). The number of halogens is 1. The number of rotatable bonds is 15. The molecule has 1 aromatic carbocycles. The molecule has 1 aliphatic rings. The molecule has 1 amide bonds. The van der Waals surface area contributed by atoms with E-state index in [9.17, 15) is 23.9 Å². The average molecular weight is 620 g/mol. The number of aliphatic carboxylic acids is 2. The van der Waals surface area contributed by atoms with Gasteiger partial charge in [-0.2, -0.15) is 0 Å². The number of aliphatic hydroxyl groups excluding tert-OH is 1. The molecule has 2 heterocycles. The fourth-order valence-corrected chi connectivity index (χ4v) is 5.13. The second kappa shape index (κ2) is 18.9. The molecule has 1 aromatic heterocycles. The molecule has 13 heteroatoms. The zero-order valence-electron chi connectivity index (χ0n) is 26.0. The molecule has 2 aromatic rings. The van der Waals surface area contributed by atoms with Crippen molar-refractivity contribution in [3.63, 3.8) is 0 Å². The second-order valence-electron chi connectivity index (χ2n) is 11.2. The lowest BCUT2D eigenvalue weighted by molar-refractivity contribution is -0.134. The van der Waals surface area contributed by atoms with Crippen molar-refractivity contribution in [2.24, 2.45) is 11.8 Å². The summed E-state index contributed by atoms with van der Waals surface area (Å²) in [5, 5.41) is 38.2. The van der Waals surface area contributed by atoms with Crippen LogP contribution in [-0.4, -0.2) is 98.6 Å². The molecule has 1 aliphatic heterocycles. The number of carbonyl (C=O) groups is 3. The molecule has 244 valence electrons. The van der Waals surface area contributed by atoms with Crippen LogP contribution < -0.4 is 5.32 Å². The van der Waals surface area contributed by atoms with E-state index in [1.807, 2.05) is 4.90 Å². The lowest BCUT2D eigenvalue weighted by atomic mass is 9.87. The maximum Gasteiger partial charge on any atom is 0.328 e. The number of piperidine rings is 1. The van der Waals surface area contributed by atoms with E-state index >= 15 is 0 Å². The highest BCUT2D eigenvalue weighted by Crippen LogP contribution is 2.25. The molecule has 0 radical (unpaired) electrons. The number of carboxylic acid groups (broad SMARTS) is 2. The number of carboxylic acids is 2. The van der Waals surface area contributed by atoms with Gasteiger partial charge in [0.2, 0.25) is 0 Å². The number of ether oxygens (including phenoxy) is 1. The van der Waals surface area contributed by atoms with E-state index in [2.05, 4.69) is 36.4 Å². The maximum atomic E-state index is 14.7. The van der Waals surface area contributed by atoms with Crippen LogP contribution in [0.1, 0.15) is 69.1 Å². The van der Waals surface area contributed by atoms with Gasteiger partial charge in [-0.15, -0.1) is 5.10 Å². The fourth-order valence-electron chi connectivity index (χ4n) is 5.13. The Hall–Kier alpha value is -3.68. The molecule has 1 unspecified atom stereocenters. The molecule has 44 heavy (non-hydrogen) atoms. The Balaban J connectivity index is 0.000000742. The number of unbranched alkanes of at least 4 members (excludes halogenated alkanes) is 1. The van der Waals surface area contributed by atoms with Crippen molar-refractivity contribution in [3.05, 3.63) is 53.6 Å². The third-order valence-electron chi connectivity index (χ3n) is 7.18. The second-order valence-corrected chi connectivity index (χ2v) is 11.2. The third-order valence-corrected chi connectivity index (χ3v) is 7.18. The number of hydrogen-bond acceptors (Lipinski definition) is 8. The van der Waals surface area contributed by atoms with E-state index in [0.717, 1.165) is 38.6 Å². The minimum atomic E-state index is -1.26. The summed E-state index contributed by atoms with van der Waals surface area (Å²) in [5.41, 5.74) is 1.16. The van der Waals surface area contributed by atoms with Gasteiger partial charge in [-0.1, -0.05) is 44.5 Å². The number of aliphatic hydroxyl groups is 1. The first-order chi connectivity index (χ1) is 21.0. The van der Waals surface area contributed by atoms with Crippen LogP contribution in [-0.2, 0) is 20.7 Å². The number of aromatic nitrogens is 3. The van der Waals surface area contributed by atoms with Crippen molar-refractivity contribution < 1.29 is 38.8 Å². The fraction of sp³-hybridized carbons (Fsp3) is 0.581. The van der Waals surface area contributed by atoms with E-state index in [-0.39, 0.29) is 41.3 Å². The Kier molecular flexibility index (Phi) is 15.7. The summed E-state index contributed by atoms with van der Waals surface area (Å²) in [5.74, 6) is -2.77. The highest BCUT2D eigenvalue weighted by atomic mass is 19.1. The van der Waals surface area contributed by atoms with Crippen LogP contribution in [0, 0.1) is 17.7 Å². The number of para-hydroxylation sites is 1. The lowest BCUT2D eigenvalue weighted by Crippen LogP contribution is -2.54. The molecule has 0 bridgehead atoms. The smallest absolute Gasteiger partial charge is 0.328 e. The third kappa shape index (κ3) is 11.4. The van der Waals surface area contributed by atoms with Crippen LogP contribution in [0.2, 0.25) is 0 Å². The molecule has 1 fully saturated rings. The van der Waals surface area contributed by atoms with Crippen molar-refractivity contribution in [3.8, 4) is 5.69 Å². The summed E-state index contributed by atoms with van der Waals surface area (Å²) in [7, 11) is 1.66. The van der Waals surface area contributed by atoms with Crippen molar-refractivity contribution in [2.75, 3.05) is 33.4 Å². The van der Waals surface area contributed by atoms with Crippen molar-refractivity contribution in [1.82, 2.24) is 25.2 Å². The molecule has 0 spiro atoms. The van der Waals surface area contributed by atoms with Gasteiger partial charge < -0.3 is 30.3 Å². The van der Waals surface area contributed by atoms with Gasteiger partial charge in [0.25, 0.3) is 5.91 Å². The normalized spacial score (nSPS) is 17.2. The first-order valence-electron chi connectivity index (χ1n) is 15.0. The molecule has 12 nitrogen and oxygen atoms in total. The maximum absolute atomic E-state index is 14.7. The molecular formula is C31H46FN5O7. The quantitative estimate of drug-likeness (QED) is 0.172. The van der Waals surface area contributed by atoms with Crippen LogP contribution in [0.5, 0.6) is 0 Å². The minimum Gasteiger partial charge on any atom is -0.478 e. The first-order valence-corrected chi connectivity index (χ1v) is 15.0. The number of hydrogen-bond donors (Lipinski definition) is 4. The monoisotopic (exact) mass is 619 g/mol. The van der Waals surface area contributed by atoms with Gasteiger partial charge in [0.1, 0.15) is 11.5 Å². The summed E-state index contributed by atoms with van der Waals surface area (Å²) in [6.07, 6.45) is 5.23. The topological polar surface area (TPSA) is 167 Å². The van der Waals surface area contributed by atoms with Crippen LogP contribution in [0.25, 0.3) is 5.69 Å². The zero-order valence-corrected chi connectivity index (χ0v) is 26.0. The first kappa shape index (κ1) is 36.5. The number of methoxy groups -OCH3 is 1. The number of nitrogens with zero attached hydrogens (tertiary/aromatic N) is 4. The SMILES string of the molecule is CCCC(O)[C@H]1CNC[C@@H](N(CC(C)C)C(=O)c2nnn(-c3ccccc3F)c2CCCCOC)C1.O=C(O)C=CC(=O)O. The van der Waals surface area contributed by atoms with Gasteiger partial charge in [0.05, 0.1) is 11.8 Å². The van der Waals surface area contributed by atoms with Crippen molar-refractivity contribution in [2.45, 2.75) is 71.4 Å². The van der Waals surface area contributed by atoms with Crippen molar-refractivity contribution >= 4 is 17.8 Å². The standard InChI is InChI=1S/C27H42FN5O3.C4H4O4/c1-5-10-25(34)20-15-21(17-29-16-20)32(18-19(2)3)27(35)26-24(13-8-9-14-36-4)33(31-30-26)23-12-7-6-11-22(23)28;5-3(6)1-2-4(7)8/h6-7,11-12,19-21,25,29,34H,5,8-10,13-18H2,1-4H3;1-2H,(H,5,6)(H,7,8)/t20-,21+,25?;/m1./s1. The van der Waals surface area contributed by atoms with Crippen molar-refractivity contribution in [1.29, 1.82) is 0 Å². The Bertz CT molecular complexity index is 1220. The average Bonchev–Trinajstić information content (AvgIpc) is 3.41. The largest absolute Gasteiger partial charge is 0.478 e. The van der Waals surface area contributed by atoms with Crippen LogP contribution >= 0.6 is 0 Å². The van der Waals surface area contributed by atoms with Gasteiger partial charge >= 0.3 is 11.9 Å². The molecule has 1 saturated heterocycles. The number of nitrogens with one attached hydrogen (secondary N) is 1. The molecular weight excluding hydrogens is 573 g/mol. The van der Waals surface area contributed by atoms with Gasteiger partial charge in [0, 0.05) is 51.5 Å². The predicted molar refractivity (Wildman–Crippen MR) is 162 cm³/mol. The molecule has 0 saturated carbocycles. The van der Waals surface area contributed by atoms with E-state index in [4.69, 9.17) is 14.9 Å². The highest BCUT2D eigenvalue weighted by Gasteiger charge is 2.35. The highest BCUT2D eigenvalue weighted by molar-refractivity contribution is 5.93. The van der Waals surface area contributed by atoms with Gasteiger partial charge in [-0.3, -0.25) is 4.79 Å². The molecule has 4 N–H and O–H groups in total. The Morgan fingerprint density at radius 2 is 1.84 bits per heavy atom. The summed E-state index contributed by atoms with van der Waals surface area (Å²) < 4.78 is 21.3. The van der Waals surface area contributed by atoms with Gasteiger partial charge in [-0.25, -0.2) is 18.7 Å². The lowest BCUT2D eigenvalue weighted by Gasteiger charge is -2.40.